The standard InChI is InChI=1S/C23H28N8O/c1-13-8-30(9-14(2)24-13)19-7-6-17(21-18(19)11-29(5)28-21)23(32)27-20-12-31-10-15(3)25-22(31)16(4)26-20/h6-7,10-14,24H,8-9H2,1-5H3,(H,27,32)/t13-,14-/m1/s1. The molecular formula is C23H28N8O. The zero-order valence-corrected chi connectivity index (χ0v) is 19.0. The van der Waals surface area contributed by atoms with E-state index < -0.39 is 0 Å². The van der Waals surface area contributed by atoms with Crippen molar-refractivity contribution < 1.29 is 4.79 Å². The van der Waals surface area contributed by atoms with Crippen molar-refractivity contribution in [1.82, 2.24) is 29.5 Å². The second-order valence-corrected chi connectivity index (χ2v) is 8.85. The number of fused-ring (bicyclic) bond motifs is 2. The van der Waals surface area contributed by atoms with Gasteiger partial charge < -0.3 is 19.9 Å². The quantitative estimate of drug-likeness (QED) is 0.517. The monoisotopic (exact) mass is 432 g/mol. The Morgan fingerprint density at radius 3 is 2.59 bits per heavy atom. The number of nitrogens with one attached hydrogen (secondary N) is 2. The van der Waals surface area contributed by atoms with Crippen LogP contribution >= 0.6 is 0 Å². The number of aryl methyl sites for hydroxylation is 3. The molecule has 5 rings (SSSR count). The van der Waals surface area contributed by atoms with Gasteiger partial charge in [0.05, 0.1) is 23.1 Å². The molecule has 9 heteroatoms. The minimum Gasteiger partial charge on any atom is -0.368 e. The van der Waals surface area contributed by atoms with E-state index in [2.05, 4.69) is 44.4 Å². The molecule has 4 heterocycles. The summed E-state index contributed by atoms with van der Waals surface area (Å²) in [4.78, 5) is 24.6. The van der Waals surface area contributed by atoms with Gasteiger partial charge in [-0.1, -0.05) is 0 Å². The number of imidazole rings is 1. The second kappa shape index (κ2) is 7.59. The summed E-state index contributed by atoms with van der Waals surface area (Å²) in [5.74, 6) is 0.251. The Kier molecular flexibility index (Phi) is 4.85. The fraction of sp³-hybridized carbons (Fsp3) is 0.391. The number of benzene rings is 1. The van der Waals surface area contributed by atoms with E-state index in [0.717, 1.165) is 41.2 Å². The third-order valence-corrected chi connectivity index (χ3v) is 5.88. The Labute approximate surface area is 186 Å². The lowest BCUT2D eigenvalue weighted by Gasteiger charge is -2.38. The molecule has 0 saturated carbocycles. The first-order valence-electron chi connectivity index (χ1n) is 10.9. The molecule has 2 N–H and O–H groups in total. The summed E-state index contributed by atoms with van der Waals surface area (Å²) in [6.45, 7) is 10.0. The van der Waals surface area contributed by atoms with Crippen molar-refractivity contribution in [3.05, 3.63) is 47.7 Å². The van der Waals surface area contributed by atoms with Crippen LogP contribution in [-0.4, -0.2) is 55.2 Å². The van der Waals surface area contributed by atoms with Crippen LogP contribution in [0.3, 0.4) is 0 Å². The highest BCUT2D eigenvalue weighted by Gasteiger charge is 2.25. The molecule has 1 saturated heterocycles. The maximum Gasteiger partial charge on any atom is 0.259 e. The van der Waals surface area contributed by atoms with Gasteiger partial charge in [0.1, 0.15) is 11.3 Å². The fourth-order valence-electron chi connectivity index (χ4n) is 4.71. The Hall–Kier alpha value is -3.46. The van der Waals surface area contributed by atoms with Crippen molar-refractivity contribution in [3.63, 3.8) is 0 Å². The molecule has 1 fully saturated rings. The summed E-state index contributed by atoms with van der Waals surface area (Å²) < 4.78 is 3.65. The van der Waals surface area contributed by atoms with Gasteiger partial charge >= 0.3 is 0 Å². The second-order valence-electron chi connectivity index (χ2n) is 8.85. The van der Waals surface area contributed by atoms with E-state index in [4.69, 9.17) is 0 Å². The summed E-state index contributed by atoms with van der Waals surface area (Å²) in [7, 11) is 1.88. The average molecular weight is 433 g/mol. The van der Waals surface area contributed by atoms with E-state index in [1.165, 1.54) is 0 Å². The first kappa shape index (κ1) is 20.4. The van der Waals surface area contributed by atoms with Gasteiger partial charge in [0.15, 0.2) is 5.65 Å². The minimum atomic E-state index is -0.231. The highest BCUT2D eigenvalue weighted by molar-refractivity contribution is 6.13. The van der Waals surface area contributed by atoms with Gasteiger partial charge in [-0.2, -0.15) is 5.10 Å². The SMILES string of the molecule is Cc1cn2cc(NC(=O)c3ccc(N4C[C@@H](C)N[C@H](C)C4)c4cn(C)nc34)nc(C)c2n1. The van der Waals surface area contributed by atoms with Gasteiger partial charge in [0.2, 0.25) is 0 Å². The van der Waals surface area contributed by atoms with E-state index in [-0.39, 0.29) is 5.91 Å². The van der Waals surface area contributed by atoms with Crippen molar-refractivity contribution in [3.8, 4) is 0 Å². The topological polar surface area (TPSA) is 92.4 Å². The molecule has 1 aliphatic rings. The zero-order chi connectivity index (χ0) is 22.6. The Bertz CT molecular complexity index is 1330. The van der Waals surface area contributed by atoms with E-state index in [1.54, 1.807) is 10.9 Å². The summed E-state index contributed by atoms with van der Waals surface area (Å²) in [6.07, 6.45) is 5.69. The van der Waals surface area contributed by atoms with Gasteiger partial charge in [0.25, 0.3) is 5.91 Å². The lowest BCUT2D eigenvalue weighted by molar-refractivity contribution is 0.102. The number of carbonyl (C=O) groups excluding carboxylic acids is 1. The van der Waals surface area contributed by atoms with E-state index in [9.17, 15) is 4.79 Å². The van der Waals surface area contributed by atoms with Crippen molar-refractivity contribution in [2.24, 2.45) is 7.05 Å². The highest BCUT2D eigenvalue weighted by Crippen LogP contribution is 2.30. The number of piperazine rings is 1. The molecule has 1 amide bonds. The number of hydrogen-bond donors (Lipinski definition) is 2. The van der Waals surface area contributed by atoms with Gasteiger partial charge in [-0.3, -0.25) is 9.48 Å². The summed E-state index contributed by atoms with van der Waals surface area (Å²) in [5, 5.41) is 12.1. The molecular weight excluding hydrogens is 404 g/mol. The Morgan fingerprint density at radius 2 is 1.84 bits per heavy atom. The number of amides is 1. The van der Waals surface area contributed by atoms with Gasteiger partial charge in [-0.25, -0.2) is 9.97 Å². The third-order valence-electron chi connectivity index (χ3n) is 5.88. The summed E-state index contributed by atoms with van der Waals surface area (Å²) >= 11 is 0. The van der Waals surface area contributed by atoms with Gasteiger partial charge in [-0.05, 0) is 39.8 Å². The zero-order valence-electron chi connectivity index (χ0n) is 19.0. The van der Waals surface area contributed by atoms with Crippen LogP contribution in [-0.2, 0) is 7.05 Å². The van der Waals surface area contributed by atoms with Crippen LogP contribution in [0.4, 0.5) is 11.5 Å². The Morgan fingerprint density at radius 1 is 1.09 bits per heavy atom. The number of carbonyl (C=O) groups is 1. The predicted octanol–water partition coefficient (Wildman–Crippen LogP) is 2.67. The van der Waals surface area contributed by atoms with E-state index >= 15 is 0 Å². The number of rotatable bonds is 3. The smallest absolute Gasteiger partial charge is 0.259 e. The van der Waals surface area contributed by atoms with Crippen LogP contribution in [0.15, 0.2) is 30.7 Å². The number of anilines is 2. The number of hydrogen-bond acceptors (Lipinski definition) is 6. The van der Waals surface area contributed by atoms with Crippen LogP contribution in [0.5, 0.6) is 0 Å². The molecule has 1 aliphatic heterocycles. The molecule has 9 nitrogen and oxygen atoms in total. The largest absolute Gasteiger partial charge is 0.368 e. The lowest BCUT2D eigenvalue weighted by Crippen LogP contribution is -2.54. The van der Waals surface area contributed by atoms with Crippen molar-refractivity contribution >= 4 is 34.0 Å². The fourth-order valence-corrected chi connectivity index (χ4v) is 4.71. The first-order chi connectivity index (χ1) is 15.3. The number of nitrogens with zero attached hydrogens (tertiary/aromatic N) is 6. The van der Waals surface area contributed by atoms with E-state index in [0.29, 0.717) is 29.0 Å². The molecule has 0 radical (unpaired) electrons. The van der Waals surface area contributed by atoms with Crippen LogP contribution in [0.1, 0.15) is 35.6 Å². The van der Waals surface area contributed by atoms with Crippen LogP contribution in [0.2, 0.25) is 0 Å². The molecule has 32 heavy (non-hydrogen) atoms. The molecule has 2 atom stereocenters. The molecule has 0 unspecified atom stereocenters. The molecule has 166 valence electrons. The van der Waals surface area contributed by atoms with Crippen LogP contribution < -0.4 is 15.5 Å². The number of aromatic nitrogens is 5. The van der Waals surface area contributed by atoms with Gasteiger partial charge in [0, 0.05) is 55.7 Å². The first-order valence-corrected chi connectivity index (χ1v) is 10.9. The maximum absolute atomic E-state index is 13.2. The molecule has 0 spiro atoms. The third kappa shape index (κ3) is 3.58. The van der Waals surface area contributed by atoms with Crippen molar-refractivity contribution in [2.45, 2.75) is 39.8 Å². The summed E-state index contributed by atoms with van der Waals surface area (Å²) in [6, 6.07) is 4.68. The summed E-state index contributed by atoms with van der Waals surface area (Å²) in [5.41, 5.74) is 4.78. The van der Waals surface area contributed by atoms with Crippen molar-refractivity contribution in [2.75, 3.05) is 23.3 Å². The lowest BCUT2D eigenvalue weighted by atomic mass is 10.1. The molecule has 1 aromatic carbocycles. The molecule has 3 aromatic heterocycles. The maximum atomic E-state index is 13.2. The van der Waals surface area contributed by atoms with Crippen LogP contribution in [0.25, 0.3) is 16.6 Å². The molecule has 0 bridgehead atoms. The predicted molar refractivity (Wildman–Crippen MR) is 125 cm³/mol. The highest BCUT2D eigenvalue weighted by atomic mass is 16.1. The van der Waals surface area contributed by atoms with Gasteiger partial charge in [-0.15, -0.1) is 0 Å². The minimum absolute atomic E-state index is 0.231. The van der Waals surface area contributed by atoms with E-state index in [1.807, 2.05) is 49.8 Å². The normalized spacial score (nSPS) is 19.1. The van der Waals surface area contributed by atoms with Crippen LogP contribution in [0, 0.1) is 13.8 Å². The molecule has 0 aliphatic carbocycles. The average Bonchev–Trinajstić information content (AvgIpc) is 3.28. The van der Waals surface area contributed by atoms with Crippen molar-refractivity contribution in [1.29, 1.82) is 0 Å². The molecule has 4 aromatic rings. The Balaban J connectivity index is 1.50.